The van der Waals surface area contributed by atoms with Crippen LogP contribution in [0.25, 0.3) is 0 Å². The normalized spacial score (nSPS) is 24.1. The molecule has 0 radical (unpaired) electrons. The third-order valence-corrected chi connectivity index (χ3v) is 7.14. The van der Waals surface area contributed by atoms with Gasteiger partial charge in [-0.1, -0.05) is 5.16 Å². The summed E-state index contributed by atoms with van der Waals surface area (Å²) in [6.07, 6.45) is -1.43. The van der Waals surface area contributed by atoms with Gasteiger partial charge in [0.25, 0.3) is 5.91 Å². The second-order valence-corrected chi connectivity index (χ2v) is 10.6. The van der Waals surface area contributed by atoms with Gasteiger partial charge in [-0.3, -0.25) is 14.6 Å². The van der Waals surface area contributed by atoms with E-state index in [-0.39, 0.29) is 35.6 Å². The zero-order valence-electron chi connectivity index (χ0n) is 19.7. The van der Waals surface area contributed by atoms with Crippen molar-refractivity contribution < 1.29 is 38.7 Å². The highest BCUT2D eigenvalue weighted by Crippen LogP contribution is 2.49. The Morgan fingerprint density at radius 3 is 2.60 bits per heavy atom. The molecule has 1 aromatic heterocycles. The van der Waals surface area contributed by atoms with Gasteiger partial charge in [-0.15, -0.1) is 0 Å². The lowest BCUT2D eigenvalue weighted by Crippen LogP contribution is -2.73. The fraction of sp³-hybridized carbons (Fsp3) is 0.619. The number of alkyl carbamates (subject to hydrolysis) is 1. The van der Waals surface area contributed by atoms with Gasteiger partial charge in [-0.25, -0.2) is 14.4 Å². The van der Waals surface area contributed by atoms with Crippen LogP contribution in [0.15, 0.2) is 15.8 Å². The molecule has 2 saturated heterocycles. The van der Waals surface area contributed by atoms with Crippen molar-refractivity contribution in [1.29, 1.82) is 0 Å². The number of likely N-dealkylation sites (tertiary alicyclic amines) is 1. The first kappa shape index (κ1) is 24.8. The van der Waals surface area contributed by atoms with Crippen LogP contribution >= 0.6 is 11.8 Å². The molecule has 4 atom stereocenters. The molecule has 4 rings (SSSR count). The van der Waals surface area contributed by atoms with Crippen molar-refractivity contribution in [3.63, 3.8) is 0 Å². The van der Waals surface area contributed by atoms with Crippen molar-refractivity contribution in [3.8, 4) is 0 Å². The number of carboxylic acid groups (broad SMARTS) is 2. The molecule has 1 aromatic rings. The van der Waals surface area contributed by atoms with Gasteiger partial charge < -0.3 is 24.8 Å². The maximum absolute atomic E-state index is 12.7. The Balaban J connectivity index is 1.49. The van der Waals surface area contributed by atoms with Gasteiger partial charge in [0.15, 0.2) is 5.82 Å². The number of hydrogen-bond acceptors (Lipinski definition) is 9. The fourth-order valence-corrected chi connectivity index (χ4v) is 5.92. The van der Waals surface area contributed by atoms with Crippen LogP contribution < -0.4 is 5.32 Å². The third-order valence-electron chi connectivity index (χ3n) is 6.06. The Morgan fingerprint density at radius 1 is 1.31 bits per heavy atom. The summed E-state index contributed by atoms with van der Waals surface area (Å²) in [6.45, 7) is 7.02. The van der Waals surface area contributed by atoms with Gasteiger partial charge in [-0.2, -0.15) is 16.7 Å². The first-order chi connectivity index (χ1) is 16.4. The van der Waals surface area contributed by atoms with E-state index < -0.39 is 47.8 Å². The number of thioether (sulfide) groups is 1. The topological polar surface area (TPSA) is 175 Å². The molecule has 1 unspecified atom stereocenters. The number of carboxylic acids is 1. The summed E-state index contributed by atoms with van der Waals surface area (Å²) in [5.74, 6) is -0.848. The highest BCUT2D eigenvalue weighted by molar-refractivity contribution is 7.99. The largest absolute Gasteiger partial charge is 0.477 e. The average Bonchev–Trinajstić information content (AvgIpc) is 3.31. The van der Waals surface area contributed by atoms with Crippen LogP contribution in [0.2, 0.25) is 0 Å². The summed E-state index contributed by atoms with van der Waals surface area (Å²) in [7, 11) is 0. The number of aryl methyl sites for hydroxylation is 1. The minimum absolute atomic E-state index is 0.0775. The van der Waals surface area contributed by atoms with Crippen molar-refractivity contribution >= 4 is 35.8 Å². The Kier molecular flexibility index (Phi) is 6.42. The number of carbonyl (C=O) groups is 4. The predicted molar refractivity (Wildman–Crippen MR) is 120 cm³/mol. The van der Waals surface area contributed by atoms with Crippen LogP contribution in [0.4, 0.5) is 9.59 Å². The standard InChI is InChI=1S/C21H27N5O8S/c1-9-22-16(34-24-9)12(23-19(30)33-21(2,3)4)8-35-7-11-10-5-6-25(20(31)32)15-13(10)26(17(15)27)14(11)18(28)29/h10,12-13,15H,5-8H2,1-4H3,(H,23,30)(H,28,29)(H,31,32)/t10?,12-,13+,15-/m0/s1. The monoisotopic (exact) mass is 509 g/mol. The average molecular weight is 510 g/mol. The minimum Gasteiger partial charge on any atom is -0.477 e. The SMILES string of the molecule is Cc1noc([C@H](CSCC2=C(C(=O)O)N3C(=O)[C@@H]4[C@H]3C2CCN4C(=O)O)NC(=O)OC(C)(C)C)n1. The van der Waals surface area contributed by atoms with E-state index in [1.165, 1.54) is 16.7 Å². The van der Waals surface area contributed by atoms with Crippen molar-refractivity contribution in [3.05, 3.63) is 23.0 Å². The lowest BCUT2D eigenvalue weighted by atomic mass is 9.78. The van der Waals surface area contributed by atoms with Gasteiger partial charge in [0.1, 0.15) is 23.4 Å². The van der Waals surface area contributed by atoms with E-state index >= 15 is 0 Å². The number of ether oxygens (including phenoxy) is 1. The van der Waals surface area contributed by atoms with Crippen molar-refractivity contribution in [2.24, 2.45) is 5.92 Å². The number of aliphatic carboxylic acids is 1. The summed E-state index contributed by atoms with van der Waals surface area (Å²) in [4.78, 5) is 55.1. The summed E-state index contributed by atoms with van der Waals surface area (Å²) >= 11 is 1.34. The second-order valence-electron chi connectivity index (χ2n) is 9.59. The number of aromatic nitrogens is 2. The third kappa shape index (κ3) is 4.66. The molecule has 0 bridgehead atoms. The number of amides is 3. The fourth-order valence-electron chi connectivity index (χ4n) is 4.77. The van der Waals surface area contributed by atoms with Crippen LogP contribution in [0, 0.1) is 12.8 Å². The molecule has 35 heavy (non-hydrogen) atoms. The van der Waals surface area contributed by atoms with E-state index in [2.05, 4.69) is 15.5 Å². The Hall–Kier alpha value is -3.29. The lowest BCUT2D eigenvalue weighted by Gasteiger charge is -2.52. The van der Waals surface area contributed by atoms with E-state index in [0.29, 0.717) is 17.8 Å². The molecule has 4 heterocycles. The summed E-state index contributed by atoms with van der Waals surface area (Å²) < 4.78 is 10.6. The quantitative estimate of drug-likeness (QED) is 0.455. The van der Waals surface area contributed by atoms with Crippen LogP contribution in [-0.4, -0.2) is 90.0 Å². The first-order valence-electron chi connectivity index (χ1n) is 11.1. The molecule has 0 spiro atoms. The summed E-state index contributed by atoms with van der Waals surface area (Å²) in [5, 5.41) is 25.7. The van der Waals surface area contributed by atoms with Gasteiger partial charge >= 0.3 is 18.2 Å². The molecule has 0 saturated carbocycles. The number of piperidine rings is 1. The number of nitrogens with zero attached hydrogens (tertiary/aromatic N) is 4. The molecule has 3 amide bonds. The van der Waals surface area contributed by atoms with Crippen LogP contribution in [0.3, 0.4) is 0 Å². The van der Waals surface area contributed by atoms with Crippen molar-refractivity contribution in [2.45, 2.75) is 57.8 Å². The zero-order chi connectivity index (χ0) is 25.7. The van der Waals surface area contributed by atoms with Gasteiger partial charge in [0.2, 0.25) is 5.89 Å². The molecule has 2 fully saturated rings. The number of hydrogen-bond donors (Lipinski definition) is 3. The second kappa shape index (κ2) is 9.06. The van der Waals surface area contributed by atoms with E-state index in [1.807, 2.05) is 0 Å². The van der Waals surface area contributed by atoms with Crippen LogP contribution in [0.1, 0.15) is 44.9 Å². The molecule has 0 aliphatic carbocycles. The molecule has 3 aliphatic heterocycles. The zero-order valence-corrected chi connectivity index (χ0v) is 20.5. The summed E-state index contributed by atoms with van der Waals surface area (Å²) in [5.41, 5.74) is -0.198. The van der Waals surface area contributed by atoms with E-state index in [4.69, 9.17) is 9.26 Å². The van der Waals surface area contributed by atoms with Gasteiger partial charge in [0, 0.05) is 24.0 Å². The predicted octanol–water partition coefficient (Wildman–Crippen LogP) is 1.61. The maximum atomic E-state index is 12.7. The lowest BCUT2D eigenvalue weighted by molar-refractivity contribution is -0.161. The highest BCUT2D eigenvalue weighted by Gasteiger charge is 2.64. The molecule has 14 heteroatoms. The number of β-lactam (4-membered cyclic amide) rings is 1. The maximum Gasteiger partial charge on any atom is 0.408 e. The smallest absolute Gasteiger partial charge is 0.408 e. The van der Waals surface area contributed by atoms with E-state index in [1.54, 1.807) is 27.7 Å². The molecule has 13 nitrogen and oxygen atoms in total. The van der Waals surface area contributed by atoms with Crippen LogP contribution in [-0.2, 0) is 14.3 Å². The summed E-state index contributed by atoms with van der Waals surface area (Å²) in [6, 6.07) is -2.04. The number of rotatable bonds is 7. The van der Waals surface area contributed by atoms with Gasteiger partial charge in [0.05, 0.1) is 6.04 Å². The molecule has 0 aromatic carbocycles. The molecule has 3 aliphatic rings. The van der Waals surface area contributed by atoms with Gasteiger partial charge in [-0.05, 0) is 39.7 Å². The molecule has 3 N–H and O–H groups in total. The first-order valence-corrected chi connectivity index (χ1v) is 12.2. The van der Waals surface area contributed by atoms with E-state index in [0.717, 1.165) is 4.90 Å². The highest BCUT2D eigenvalue weighted by atomic mass is 32.2. The minimum atomic E-state index is -1.22. The number of nitrogens with one attached hydrogen (secondary N) is 1. The van der Waals surface area contributed by atoms with Crippen molar-refractivity contribution in [2.75, 3.05) is 18.1 Å². The Labute approximate surface area is 204 Å². The molecule has 190 valence electrons. The molecular weight excluding hydrogens is 482 g/mol. The van der Waals surface area contributed by atoms with Crippen LogP contribution in [0.5, 0.6) is 0 Å². The molecular formula is C21H27N5O8S. The Bertz CT molecular complexity index is 1100. The number of carbonyl (C=O) groups excluding carboxylic acids is 2. The Morgan fingerprint density at radius 2 is 2.03 bits per heavy atom. The van der Waals surface area contributed by atoms with E-state index in [9.17, 15) is 29.4 Å². The van der Waals surface area contributed by atoms with Crippen molar-refractivity contribution in [1.82, 2.24) is 25.3 Å².